The fourth-order valence-electron chi connectivity index (χ4n) is 6.61. The Hall–Kier alpha value is -5.55. The number of H-pyrrole nitrogens is 1. The SMILES string of the molecule is COc1ccccc1C(c1ccccc1)(c1ccccc1OC)C(O)[C@@]1(C(=O)CCC(=O)O)O[C@@H](n2cc(C#N)c(=O)[nH]c2=O)C[C@@H]1O. The molecule has 3 aromatic carbocycles. The minimum absolute atomic E-state index is 0.291. The van der Waals surface area contributed by atoms with E-state index in [1.165, 1.54) is 14.2 Å². The van der Waals surface area contributed by atoms with Crippen LogP contribution in [0.15, 0.2) is 94.6 Å². The Morgan fingerprint density at radius 3 is 2.10 bits per heavy atom. The van der Waals surface area contributed by atoms with Crippen molar-refractivity contribution < 1.29 is 39.1 Å². The lowest BCUT2D eigenvalue weighted by molar-refractivity contribution is -0.188. The number of ether oxygens (including phenoxy) is 3. The molecule has 2 heterocycles. The Bertz CT molecular complexity index is 1940. The Morgan fingerprint density at radius 2 is 1.56 bits per heavy atom. The zero-order chi connectivity index (χ0) is 34.6. The quantitative estimate of drug-likeness (QED) is 0.163. The van der Waals surface area contributed by atoms with Gasteiger partial charge in [-0.05, 0) is 17.7 Å². The third-order valence-electron chi connectivity index (χ3n) is 8.76. The van der Waals surface area contributed by atoms with Crippen LogP contribution < -0.4 is 20.7 Å². The van der Waals surface area contributed by atoms with Crippen LogP contribution in [0.2, 0.25) is 0 Å². The number of aromatic amines is 1. The lowest BCUT2D eigenvalue weighted by atomic mass is 9.59. The van der Waals surface area contributed by atoms with Crippen LogP contribution in [-0.4, -0.2) is 68.7 Å². The van der Waals surface area contributed by atoms with E-state index < -0.39 is 77.3 Å². The number of aliphatic hydroxyl groups excluding tert-OH is 2. The zero-order valence-electron chi connectivity index (χ0n) is 26.0. The number of carbonyl (C=O) groups excluding carboxylic acids is 1. The molecule has 4 N–H and O–H groups in total. The summed E-state index contributed by atoms with van der Waals surface area (Å²) >= 11 is 0. The van der Waals surface area contributed by atoms with Crippen LogP contribution in [0.3, 0.4) is 0 Å². The van der Waals surface area contributed by atoms with Crippen LogP contribution in [0.5, 0.6) is 11.5 Å². The Labute approximate surface area is 274 Å². The van der Waals surface area contributed by atoms with Crippen molar-refractivity contribution in [1.29, 1.82) is 5.26 Å². The van der Waals surface area contributed by atoms with E-state index in [4.69, 9.17) is 14.2 Å². The fourth-order valence-corrected chi connectivity index (χ4v) is 6.61. The highest BCUT2D eigenvalue weighted by Gasteiger charge is 2.65. The molecule has 13 heteroatoms. The zero-order valence-corrected chi connectivity index (χ0v) is 26.0. The maximum Gasteiger partial charge on any atom is 0.330 e. The standard InChI is InChI=1S/C35H33N3O10/c1-46-25-14-8-6-12-23(25)34(22-10-4-3-5-11-22,24-13-7-9-15-26(24)47-2)32(44)35(27(39)16-17-30(41)42)28(40)18-29(48-35)38-20-21(19-36)31(43)37-33(38)45/h3-15,20,28-29,32,40,44H,16-18H2,1-2H3,(H,41,42)(H,37,43,45)/t28-,29+,32?,35-/m0/s1. The average Bonchev–Trinajstić information content (AvgIpc) is 3.45. The summed E-state index contributed by atoms with van der Waals surface area (Å²) in [6, 6.07) is 23.8. The summed E-state index contributed by atoms with van der Waals surface area (Å²) < 4.78 is 18.8. The molecular weight excluding hydrogens is 622 g/mol. The first-order valence-corrected chi connectivity index (χ1v) is 14.9. The molecule has 1 fully saturated rings. The van der Waals surface area contributed by atoms with Gasteiger partial charge in [0.1, 0.15) is 35.5 Å². The molecule has 4 aromatic rings. The summed E-state index contributed by atoms with van der Waals surface area (Å²) in [5.41, 5.74) is -5.71. The highest BCUT2D eigenvalue weighted by atomic mass is 16.6. The van der Waals surface area contributed by atoms with E-state index in [2.05, 4.69) is 0 Å². The minimum Gasteiger partial charge on any atom is -0.496 e. The normalized spacial score (nSPS) is 19.6. The molecule has 0 saturated carbocycles. The number of aliphatic hydroxyl groups is 2. The van der Waals surface area contributed by atoms with Crippen LogP contribution in [0.25, 0.3) is 0 Å². The third-order valence-corrected chi connectivity index (χ3v) is 8.76. The molecule has 1 aliphatic heterocycles. The van der Waals surface area contributed by atoms with Gasteiger partial charge in [0.15, 0.2) is 11.4 Å². The van der Waals surface area contributed by atoms with E-state index >= 15 is 0 Å². The number of benzene rings is 3. The first-order chi connectivity index (χ1) is 23.1. The van der Waals surface area contributed by atoms with Crippen molar-refractivity contribution in [3.8, 4) is 17.6 Å². The van der Waals surface area contributed by atoms with Gasteiger partial charge in [-0.2, -0.15) is 5.26 Å². The van der Waals surface area contributed by atoms with Crippen molar-refractivity contribution in [3.63, 3.8) is 0 Å². The molecule has 0 spiro atoms. The van der Waals surface area contributed by atoms with Crippen molar-refractivity contribution in [2.75, 3.05) is 14.2 Å². The summed E-state index contributed by atoms with van der Waals surface area (Å²) in [7, 11) is 2.87. The van der Waals surface area contributed by atoms with E-state index in [-0.39, 0.29) is 0 Å². The topological polar surface area (TPSA) is 201 Å². The molecule has 48 heavy (non-hydrogen) atoms. The largest absolute Gasteiger partial charge is 0.496 e. The second-order valence-corrected chi connectivity index (χ2v) is 11.2. The van der Waals surface area contributed by atoms with Gasteiger partial charge in [-0.15, -0.1) is 0 Å². The van der Waals surface area contributed by atoms with Crippen LogP contribution in [0.4, 0.5) is 0 Å². The molecule has 5 rings (SSSR count). The maximum atomic E-state index is 14.4. The first-order valence-electron chi connectivity index (χ1n) is 14.9. The summed E-state index contributed by atoms with van der Waals surface area (Å²) in [5, 5.41) is 44.0. The molecule has 4 atom stereocenters. The van der Waals surface area contributed by atoms with Gasteiger partial charge in [0.2, 0.25) is 0 Å². The molecule has 0 aliphatic carbocycles. The van der Waals surface area contributed by atoms with Crippen LogP contribution in [0.1, 0.15) is 47.7 Å². The molecular formula is C35H33N3O10. The number of aliphatic carboxylic acids is 1. The third kappa shape index (κ3) is 5.56. The molecule has 248 valence electrons. The summed E-state index contributed by atoms with van der Waals surface area (Å²) in [5.74, 6) is -1.69. The lowest BCUT2D eigenvalue weighted by Crippen LogP contribution is -2.64. The average molecular weight is 656 g/mol. The first kappa shape index (κ1) is 33.8. The summed E-state index contributed by atoms with van der Waals surface area (Å²) in [6.07, 6.45) is -6.23. The molecule has 1 aliphatic rings. The number of ketones is 1. The smallest absolute Gasteiger partial charge is 0.330 e. The van der Waals surface area contributed by atoms with E-state index in [1.54, 1.807) is 84.9 Å². The molecule has 1 unspecified atom stereocenters. The molecule has 0 bridgehead atoms. The van der Waals surface area contributed by atoms with Gasteiger partial charge < -0.3 is 29.5 Å². The molecule has 13 nitrogen and oxygen atoms in total. The number of nitrogens with one attached hydrogen (secondary N) is 1. The van der Waals surface area contributed by atoms with E-state index in [0.717, 1.165) is 10.8 Å². The number of para-hydroxylation sites is 2. The van der Waals surface area contributed by atoms with Gasteiger partial charge in [0.25, 0.3) is 5.56 Å². The van der Waals surface area contributed by atoms with Crippen molar-refractivity contribution in [1.82, 2.24) is 9.55 Å². The lowest BCUT2D eigenvalue weighted by Gasteiger charge is -2.48. The Kier molecular flexibility index (Phi) is 9.62. The van der Waals surface area contributed by atoms with Crippen LogP contribution in [0, 0.1) is 11.3 Å². The van der Waals surface area contributed by atoms with Crippen molar-refractivity contribution in [2.24, 2.45) is 0 Å². The van der Waals surface area contributed by atoms with Gasteiger partial charge in [-0.3, -0.25) is 23.9 Å². The molecule has 1 aromatic heterocycles. The fraction of sp³-hybridized carbons (Fsp3) is 0.286. The number of aromatic nitrogens is 2. The number of nitriles is 1. The summed E-state index contributed by atoms with van der Waals surface area (Å²) in [6.45, 7) is 0. The monoisotopic (exact) mass is 655 g/mol. The van der Waals surface area contributed by atoms with Gasteiger partial charge in [0, 0.05) is 30.2 Å². The van der Waals surface area contributed by atoms with Crippen LogP contribution >= 0.6 is 0 Å². The maximum absolute atomic E-state index is 14.4. The minimum atomic E-state index is -2.60. The van der Waals surface area contributed by atoms with Gasteiger partial charge >= 0.3 is 11.7 Å². The number of rotatable bonds is 12. The van der Waals surface area contributed by atoms with E-state index in [0.29, 0.717) is 28.2 Å². The second-order valence-electron chi connectivity index (χ2n) is 11.2. The number of carboxylic acids is 1. The number of nitrogens with zero attached hydrogens (tertiary/aromatic N) is 2. The van der Waals surface area contributed by atoms with E-state index in [9.17, 15) is 39.8 Å². The van der Waals surface area contributed by atoms with Gasteiger partial charge in [0.05, 0.1) is 32.2 Å². The number of hydrogen-bond donors (Lipinski definition) is 4. The second kappa shape index (κ2) is 13.7. The van der Waals surface area contributed by atoms with Crippen molar-refractivity contribution >= 4 is 11.8 Å². The van der Waals surface area contributed by atoms with Crippen molar-refractivity contribution in [3.05, 3.63) is 128 Å². The van der Waals surface area contributed by atoms with E-state index in [1.807, 2.05) is 4.98 Å². The number of methoxy groups -OCH3 is 2. The van der Waals surface area contributed by atoms with Crippen molar-refractivity contribution in [2.45, 2.75) is 48.7 Å². The predicted octanol–water partition coefficient (Wildman–Crippen LogP) is 2.27. The molecule has 1 saturated heterocycles. The number of carbonyl (C=O) groups is 2. The van der Waals surface area contributed by atoms with Crippen LogP contribution in [-0.2, 0) is 19.7 Å². The Balaban J connectivity index is 1.88. The molecule has 0 amide bonds. The highest BCUT2D eigenvalue weighted by Crippen LogP contribution is 2.55. The highest BCUT2D eigenvalue weighted by molar-refractivity contribution is 5.92. The number of hydrogen-bond acceptors (Lipinski definition) is 10. The summed E-state index contributed by atoms with van der Waals surface area (Å²) in [4.78, 5) is 53.3. The Morgan fingerprint density at radius 1 is 1.00 bits per heavy atom. The molecule has 0 radical (unpaired) electrons. The predicted molar refractivity (Wildman–Crippen MR) is 170 cm³/mol. The number of Topliss-reactive ketones (excluding diaryl/α,β-unsaturated/α-hetero) is 1. The van der Waals surface area contributed by atoms with Gasteiger partial charge in [-0.25, -0.2) is 4.79 Å². The van der Waals surface area contributed by atoms with Gasteiger partial charge in [-0.1, -0.05) is 66.7 Å². The number of carboxylic acid groups (broad SMARTS) is 1.